The van der Waals surface area contributed by atoms with E-state index in [4.69, 9.17) is 10.5 Å². The maximum atomic E-state index is 11.3. The molecule has 150 valence electrons. The fourth-order valence-electron chi connectivity index (χ4n) is 3.10. The number of amides is 1. The lowest BCUT2D eigenvalue weighted by atomic mass is 10.1. The van der Waals surface area contributed by atoms with Gasteiger partial charge in [-0.2, -0.15) is 0 Å². The average molecular weight is 399 g/mol. The lowest BCUT2D eigenvalue weighted by Crippen LogP contribution is -2.13. The molecule has 2 aromatic carbocycles. The Hall–Kier alpha value is -4.00. The van der Waals surface area contributed by atoms with Crippen molar-refractivity contribution in [3.05, 3.63) is 83.8 Å². The molecular weight excluding hydrogens is 378 g/mol. The first-order chi connectivity index (χ1) is 14.6. The van der Waals surface area contributed by atoms with Crippen molar-refractivity contribution in [2.45, 2.75) is 20.0 Å². The molecule has 1 amide bonds. The first-order valence-corrected chi connectivity index (χ1v) is 9.61. The van der Waals surface area contributed by atoms with E-state index in [9.17, 15) is 4.79 Å². The Kier molecular flexibility index (Phi) is 5.52. The number of nitrogens with one attached hydrogen (secondary N) is 1. The lowest BCUT2D eigenvalue weighted by molar-refractivity contribution is 0.0995. The Morgan fingerprint density at radius 1 is 1.10 bits per heavy atom. The van der Waals surface area contributed by atoms with Crippen LogP contribution in [-0.2, 0) is 13.0 Å². The van der Waals surface area contributed by atoms with Crippen LogP contribution in [-0.4, -0.2) is 20.9 Å². The van der Waals surface area contributed by atoms with Crippen molar-refractivity contribution in [3.63, 3.8) is 0 Å². The summed E-state index contributed by atoms with van der Waals surface area (Å²) in [4.78, 5) is 24.2. The molecule has 0 atom stereocenters. The Morgan fingerprint density at radius 2 is 1.97 bits per heavy atom. The smallest absolute Gasteiger partial charge is 0.267 e. The highest BCUT2D eigenvalue weighted by molar-refractivity contribution is 5.90. The van der Waals surface area contributed by atoms with Crippen molar-refractivity contribution in [3.8, 4) is 5.75 Å². The van der Waals surface area contributed by atoms with Gasteiger partial charge in [-0.1, -0.05) is 25.1 Å². The summed E-state index contributed by atoms with van der Waals surface area (Å²) in [5, 5.41) is 4.16. The quantitative estimate of drug-likeness (QED) is 0.487. The summed E-state index contributed by atoms with van der Waals surface area (Å²) in [5.74, 6) is 0.666. The Labute approximate surface area is 174 Å². The van der Waals surface area contributed by atoms with Crippen LogP contribution in [0.3, 0.4) is 0 Å². The molecule has 0 aliphatic rings. The van der Waals surface area contributed by atoms with Gasteiger partial charge in [0.05, 0.1) is 5.52 Å². The van der Waals surface area contributed by atoms with Gasteiger partial charge in [0.2, 0.25) is 5.95 Å². The number of benzene rings is 2. The predicted octanol–water partition coefficient (Wildman–Crippen LogP) is 4.01. The van der Waals surface area contributed by atoms with Crippen molar-refractivity contribution in [1.29, 1.82) is 0 Å². The van der Waals surface area contributed by atoms with Crippen LogP contribution < -0.4 is 15.8 Å². The third kappa shape index (κ3) is 4.35. The molecule has 0 spiro atoms. The average Bonchev–Trinajstić information content (AvgIpc) is 2.78. The number of hydrogen-bond donors (Lipinski definition) is 2. The number of primary amides is 1. The van der Waals surface area contributed by atoms with Crippen molar-refractivity contribution in [2.75, 3.05) is 5.32 Å². The summed E-state index contributed by atoms with van der Waals surface area (Å²) in [7, 11) is 0. The zero-order valence-electron chi connectivity index (χ0n) is 16.5. The first-order valence-electron chi connectivity index (χ1n) is 9.61. The second-order valence-electron chi connectivity index (χ2n) is 6.75. The van der Waals surface area contributed by atoms with Gasteiger partial charge >= 0.3 is 0 Å². The molecule has 7 nitrogen and oxygen atoms in total. The zero-order valence-corrected chi connectivity index (χ0v) is 16.5. The monoisotopic (exact) mass is 399 g/mol. The highest BCUT2D eigenvalue weighted by Crippen LogP contribution is 2.23. The second-order valence-corrected chi connectivity index (χ2v) is 6.75. The zero-order chi connectivity index (χ0) is 20.9. The minimum atomic E-state index is -0.564. The van der Waals surface area contributed by atoms with E-state index in [1.54, 1.807) is 18.3 Å². The van der Waals surface area contributed by atoms with Gasteiger partial charge in [-0.05, 0) is 53.9 Å². The molecule has 0 aliphatic heterocycles. The van der Waals surface area contributed by atoms with Crippen LogP contribution in [0.1, 0.15) is 28.5 Å². The minimum Gasteiger partial charge on any atom is -0.489 e. The molecule has 7 heteroatoms. The van der Waals surface area contributed by atoms with Crippen LogP contribution >= 0.6 is 0 Å². The lowest BCUT2D eigenvalue weighted by Gasteiger charge is -2.11. The number of ether oxygens (including phenoxy) is 1. The van der Waals surface area contributed by atoms with E-state index in [1.165, 1.54) is 11.8 Å². The molecule has 4 rings (SSSR count). The summed E-state index contributed by atoms with van der Waals surface area (Å²) < 4.78 is 5.84. The molecule has 0 bridgehead atoms. The number of aryl methyl sites for hydroxylation is 1. The van der Waals surface area contributed by atoms with Crippen LogP contribution in [0.4, 0.5) is 11.6 Å². The number of carbonyl (C=O) groups is 1. The number of aromatic nitrogens is 3. The molecule has 0 saturated carbocycles. The Bertz CT molecular complexity index is 1210. The van der Waals surface area contributed by atoms with Crippen molar-refractivity contribution in [2.24, 2.45) is 5.73 Å². The number of nitrogens with zero attached hydrogens (tertiary/aromatic N) is 3. The minimum absolute atomic E-state index is 0.215. The molecule has 0 unspecified atom stereocenters. The van der Waals surface area contributed by atoms with Crippen LogP contribution in [0.5, 0.6) is 5.75 Å². The summed E-state index contributed by atoms with van der Waals surface area (Å²) >= 11 is 0. The fourth-order valence-corrected chi connectivity index (χ4v) is 3.10. The van der Waals surface area contributed by atoms with Gasteiger partial charge in [0.1, 0.15) is 18.1 Å². The molecule has 0 aliphatic carbocycles. The van der Waals surface area contributed by atoms with Gasteiger partial charge in [-0.15, -0.1) is 0 Å². The number of anilines is 2. The number of nitrogens with two attached hydrogens (primary N) is 1. The Morgan fingerprint density at radius 3 is 2.80 bits per heavy atom. The molecular formula is C23H21N5O2. The number of pyridine rings is 1. The number of carbonyl (C=O) groups excluding carboxylic acids is 1. The van der Waals surface area contributed by atoms with Gasteiger partial charge in [0.25, 0.3) is 5.91 Å². The van der Waals surface area contributed by atoms with Crippen LogP contribution in [0, 0.1) is 0 Å². The van der Waals surface area contributed by atoms with Gasteiger partial charge in [0.15, 0.2) is 0 Å². The number of para-hydroxylation sites is 1. The molecule has 2 aromatic heterocycles. The number of rotatable bonds is 7. The van der Waals surface area contributed by atoms with E-state index >= 15 is 0 Å². The molecule has 30 heavy (non-hydrogen) atoms. The van der Waals surface area contributed by atoms with Crippen LogP contribution in [0.15, 0.2) is 67.0 Å². The molecule has 0 saturated heterocycles. The van der Waals surface area contributed by atoms with Crippen LogP contribution in [0.2, 0.25) is 0 Å². The highest BCUT2D eigenvalue weighted by Gasteiger charge is 2.07. The molecule has 4 aromatic rings. The maximum Gasteiger partial charge on any atom is 0.267 e. The third-order valence-corrected chi connectivity index (χ3v) is 4.68. The predicted molar refractivity (Wildman–Crippen MR) is 116 cm³/mol. The normalized spacial score (nSPS) is 10.7. The van der Waals surface area contributed by atoms with Crippen LogP contribution in [0.25, 0.3) is 10.9 Å². The highest BCUT2D eigenvalue weighted by atomic mass is 16.5. The SMILES string of the molecule is CCc1ccccc1Nc1ncc2cc(OCc3ccnc(C(N)=O)c3)ccc2n1. The fraction of sp³-hybridized carbons (Fsp3) is 0.130. The number of hydrogen-bond acceptors (Lipinski definition) is 6. The molecule has 0 radical (unpaired) electrons. The second kappa shape index (κ2) is 8.57. The summed E-state index contributed by atoms with van der Waals surface area (Å²) in [6, 6.07) is 17.2. The molecule has 0 fully saturated rings. The number of fused-ring (bicyclic) bond motifs is 1. The third-order valence-electron chi connectivity index (χ3n) is 4.68. The Balaban J connectivity index is 1.49. The maximum absolute atomic E-state index is 11.3. The summed E-state index contributed by atoms with van der Waals surface area (Å²) in [6.07, 6.45) is 4.23. The standard InChI is InChI=1S/C23H21N5O2/c1-2-16-5-3-4-6-19(16)27-23-26-13-17-12-18(7-8-20(17)28-23)30-14-15-9-10-25-21(11-15)22(24)29/h3-13H,2,14H2,1H3,(H2,24,29)(H,26,27,28). The van der Waals surface area contributed by atoms with E-state index < -0.39 is 5.91 Å². The van der Waals surface area contributed by atoms with Crippen molar-refractivity contribution in [1.82, 2.24) is 15.0 Å². The van der Waals surface area contributed by atoms with Gasteiger partial charge < -0.3 is 15.8 Å². The van der Waals surface area contributed by atoms with Gasteiger partial charge in [-0.25, -0.2) is 9.97 Å². The molecule has 2 heterocycles. The van der Waals surface area contributed by atoms with E-state index in [2.05, 4.69) is 33.3 Å². The van der Waals surface area contributed by atoms with Crippen molar-refractivity contribution >= 4 is 28.4 Å². The molecule has 3 N–H and O–H groups in total. The van der Waals surface area contributed by atoms with Gasteiger partial charge in [0, 0.05) is 23.5 Å². The van der Waals surface area contributed by atoms with Gasteiger partial charge in [-0.3, -0.25) is 9.78 Å². The summed E-state index contributed by atoms with van der Waals surface area (Å²) in [6.45, 7) is 2.41. The van der Waals surface area contributed by atoms with E-state index in [0.717, 1.165) is 28.6 Å². The topological polar surface area (TPSA) is 103 Å². The largest absolute Gasteiger partial charge is 0.489 e. The van der Waals surface area contributed by atoms with E-state index in [-0.39, 0.29) is 5.69 Å². The van der Waals surface area contributed by atoms with E-state index in [0.29, 0.717) is 18.3 Å². The summed E-state index contributed by atoms with van der Waals surface area (Å²) in [5.41, 5.74) is 9.32. The van der Waals surface area contributed by atoms with Crippen molar-refractivity contribution < 1.29 is 9.53 Å². The first kappa shape index (κ1) is 19.3. The van der Waals surface area contributed by atoms with E-state index in [1.807, 2.05) is 36.4 Å².